The minimum Gasteiger partial charge on any atom is -0.484 e. The minimum absolute atomic E-state index is 0.121. The molecule has 0 spiro atoms. The SMILES string of the molecule is CS(=O)(=O)N1CCN(c2ccc(NC(=O)CSc3nnc(COc4ccccc4)o3)cc2)CC1. The van der Waals surface area contributed by atoms with Crippen molar-refractivity contribution in [3.8, 4) is 5.75 Å². The molecule has 0 atom stereocenters. The first-order valence-corrected chi connectivity index (χ1v) is 13.4. The Hall–Kier alpha value is -3.09. The summed E-state index contributed by atoms with van der Waals surface area (Å²) in [6.45, 7) is 2.32. The number of amides is 1. The highest BCUT2D eigenvalue weighted by molar-refractivity contribution is 7.99. The molecule has 1 aromatic heterocycles. The van der Waals surface area contributed by atoms with E-state index in [1.807, 2.05) is 54.6 Å². The fourth-order valence-corrected chi connectivity index (χ4v) is 4.78. The fraction of sp³-hybridized carbons (Fsp3) is 0.318. The molecule has 2 aromatic carbocycles. The lowest BCUT2D eigenvalue weighted by molar-refractivity contribution is -0.113. The maximum Gasteiger partial charge on any atom is 0.277 e. The van der Waals surface area contributed by atoms with Crippen molar-refractivity contribution in [1.82, 2.24) is 14.5 Å². The Bertz CT molecular complexity index is 1190. The number of hydrogen-bond donors (Lipinski definition) is 1. The van der Waals surface area contributed by atoms with Gasteiger partial charge in [0.1, 0.15) is 5.75 Å². The molecule has 1 aliphatic heterocycles. The van der Waals surface area contributed by atoms with Crippen LogP contribution in [0.4, 0.5) is 11.4 Å². The van der Waals surface area contributed by atoms with E-state index in [1.165, 1.54) is 10.6 Å². The standard InChI is InChI=1S/C22H25N5O5S2/c1-34(29,30)27-13-11-26(12-14-27)18-9-7-17(8-10-18)23-20(28)16-33-22-25-24-21(32-22)15-31-19-5-3-2-4-6-19/h2-10H,11-16H2,1H3,(H,23,28). The van der Waals surface area contributed by atoms with Crippen molar-refractivity contribution in [3.63, 3.8) is 0 Å². The summed E-state index contributed by atoms with van der Waals surface area (Å²) in [5.74, 6) is 0.965. The maximum atomic E-state index is 12.3. The number of benzene rings is 2. The summed E-state index contributed by atoms with van der Waals surface area (Å²) < 4.78 is 35.9. The lowest BCUT2D eigenvalue weighted by Gasteiger charge is -2.34. The van der Waals surface area contributed by atoms with Crippen LogP contribution in [0.3, 0.4) is 0 Å². The van der Waals surface area contributed by atoms with E-state index in [-0.39, 0.29) is 18.3 Å². The largest absolute Gasteiger partial charge is 0.484 e. The molecule has 3 aromatic rings. The average Bonchev–Trinajstić information content (AvgIpc) is 3.30. The third kappa shape index (κ3) is 6.72. The van der Waals surface area contributed by atoms with Crippen LogP contribution in [0.5, 0.6) is 5.75 Å². The molecule has 1 fully saturated rings. The van der Waals surface area contributed by atoms with Crippen molar-refractivity contribution in [2.75, 3.05) is 48.4 Å². The molecule has 10 nitrogen and oxygen atoms in total. The first-order valence-electron chi connectivity index (χ1n) is 10.6. The summed E-state index contributed by atoms with van der Waals surface area (Å²) in [5, 5.41) is 11.0. The molecule has 0 unspecified atom stereocenters. The second-order valence-electron chi connectivity index (χ2n) is 7.60. The van der Waals surface area contributed by atoms with Gasteiger partial charge >= 0.3 is 0 Å². The number of hydrogen-bond acceptors (Lipinski definition) is 9. The van der Waals surface area contributed by atoms with Crippen LogP contribution in [0.25, 0.3) is 0 Å². The summed E-state index contributed by atoms with van der Waals surface area (Å²) in [6.07, 6.45) is 1.23. The topological polar surface area (TPSA) is 118 Å². The number of para-hydroxylation sites is 1. The molecule has 0 radical (unpaired) electrons. The van der Waals surface area contributed by atoms with Gasteiger partial charge in [-0.1, -0.05) is 30.0 Å². The number of anilines is 2. The van der Waals surface area contributed by atoms with Crippen molar-refractivity contribution in [2.24, 2.45) is 0 Å². The number of nitrogens with one attached hydrogen (secondary N) is 1. The zero-order valence-electron chi connectivity index (χ0n) is 18.6. The lowest BCUT2D eigenvalue weighted by atomic mass is 10.2. The Morgan fingerprint density at radius 3 is 2.44 bits per heavy atom. The van der Waals surface area contributed by atoms with Crippen LogP contribution >= 0.6 is 11.8 Å². The van der Waals surface area contributed by atoms with Gasteiger partial charge in [0.05, 0.1) is 12.0 Å². The first kappa shape index (κ1) is 24.0. The number of aromatic nitrogens is 2. The summed E-state index contributed by atoms with van der Waals surface area (Å²) in [4.78, 5) is 14.4. The normalized spacial score (nSPS) is 14.7. The summed E-state index contributed by atoms with van der Waals surface area (Å²) in [5.41, 5.74) is 1.66. The molecular formula is C22H25N5O5S2. The Morgan fingerprint density at radius 1 is 1.06 bits per heavy atom. The Labute approximate surface area is 202 Å². The monoisotopic (exact) mass is 503 g/mol. The van der Waals surface area contributed by atoms with Gasteiger partial charge in [-0.05, 0) is 36.4 Å². The van der Waals surface area contributed by atoms with Crippen molar-refractivity contribution in [1.29, 1.82) is 0 Å². The number of carbonyl (C=O) groups is 1. The van der Waals surface area contributed by atoms with Gasteiger partial charge in [-0.15, -0.1) is 10.2 Å². The number of piperazine rings is 1. The van der Waals surface area contributed by atoms with Crippen LogP contribution in [0.1, 0.15) is 5.89 Å². The summed E-state index contributed by atoms with van der Waals surface area (Å²) in [7, 11) is -3.15. The Morgan fingerprint density at radius 2 is 1.76 bits per heavy atom. The van der Waals surface area contributed by atoms with Gasteiger partial charge in [-0.2, -0.15) is 4.31 Å². The zero-order valence-corrected chi connectivity index (χ0v) is 20.2. The minimum atomic E-state index is -3.15. The van der Waals surface area contributed by atoms with Gasteiger partial charge in [0.15, 0.2) is 6.61 Å². The third-order valence-electron chi connectivity index (χ3n) is 5.10. The number of ether oxygens (including phenoxy) is 1. The summed E-state index contributed by atoms with van der Waals surface area (Å²) >= 11 is 1.15. The molecule has 0 bridgehead atoms. The van der Waals surface area contributed by atoms with E-state index in [0.717, 1.165) is 17.4 Å². The predicted molar refractivity (Wildman–Crippen MR) is 129 cm³/mol. The number of thioether (sulfide) groups is 1. The van der Waals surface area contributed by atoms with Gasteiger partial charge in [0.25, 0.3) is 11.1 Å². The zero-order chi connectivity index (χ0) is 24.0. The number of nitrogens with zero attached hydrogens (tertiary/aromatic N) is 4. The molecule has 12 heteroatoms. The molecule has 180 valence electrons. The van der Waals surface area contributed by atoms with E-state index in [4.69, 9.17) is 9.15 Å². The third-order valence-corrected chi connectivity index (χ3v) is 7.23. The smallest absolute Gasteiger partial charge is 0.277 e. The van der Waals surface area contributed by atoms with Crippen LogP contribution in [0, 0.1) is 0 Å². The summed E-state index contributed by atoms with van der Waals surface area (Å²) in [6, 6.07) is 16.8. The van der Waals surface area contributed by atoms with Crippen molar-refractivity contribution in [3.05, 3.63) is 60.5 Å². The molecule has 2 heterocycles. The van der Waals surface area contributed by atoms with Crippen LogP contribution < -0.4 is 15.0 Å². The second-order valence-corrected chi connectivity index (χ2v) is 10.5. The van der Waals surface area contributed by atoms with Gasteiger partial charge in [-0.25, -0.2) is 8.42 Å². The predicted octanol–water partition coefficient (Wildman–Crippen LogP) is 2.46. The highest BCUT2D eigenvalue weighted by atomic mass is 32.2. The molecule has 4 rings (SSSR count). The van der Waals surface area contributed by atoms with Gasteiger partial charge in [0.2, 0.25) is 15.9 Å². The molecule has 1 N–H and O–H groups in total. The quantitative estimate of drug-likeness (QED) is 0.439. The van der Waals surface area contributed by atoms with Crippen LogP contribution in [0.15, 0.2) is 64.2 Å². The lowest BCUT2D eigenvalue weighted by Crippen LogP contribution is -2.48. The van der Waals surface area contributed by atoms with E-state index in [1.54, 1.807) is 0 Å². The molecular weight excluding hydrogens is 478 g/mol. The van der Waals surface area contributed by atoms with Crippen LogP contribution in [0.2, 0.25) is 0 Å². The molecule has 1 aliphatic rings. The number of rotatable bonds is 9. The maximum absolute atomic E-state index is 12.3. The number of sulfonamides is 1. The Kier molecular flexibility index (Phi) is 7.70. The Balaban J connectivity index is 1.21. The highest BCUT2D eigenvalue weighted by Gasteiger charge is 2.23. The fourth-order valence-electron chi connectivity index (χ4n) is 3.37. The van der Waals surface area contributed by atoms with Gasteiger partial charge in [-0.3, -0.25) is 4.79 Å². The highest BCUT2D eigenvalue weighted by Crippen LogP contribution is 2.21. The van der Waals surface area contributed by atoms with E-state index >= 15 is 0 Å². The molecule has 34 heavy (non-hydrogen) atoms. The molecule has 0 aliphatic carbocycles. The first-order chi connectivity index (χ1) is 16.4. The van der Waals surface area contributed by atoms with Crippen molar-refractivity contribution in [2.45, 2.75) is 11.8 Å². The van der Waals surface area contributed by atoms with Gasteiger partial charge < -0.3 is 19.4 Å². The second kappa shape index (κ2) is 10.9. The molecule has 1 saturated heterocycles. The average molecular weight is 504 g/mol. The van der Waals surface area contributed by atoms with Crippen LogP contribution in [-0.4, -0.2) is 67.0 Å². The van der Waals surface area contributed by atoms with E-state index < -0.39 is 10.0 Å². The van der Waals surface area contributed by atoms with E-state index in [2.05, 4.69) is 20.4 Å². The molecule has 0 saturated carbocycles. The van der Waals surface area contributed by atoms with Crippen molar-refractivity contribution >= 4 is 39.1 Å². The van der Waals surface area contributed by atoms with Crippen LogP contribution in [-0.2, 0) is 21.4 Å². The van der Waals surface area contributed by atoms with Crippen molar-refractivity contribution < 1.29 is 22.4 Å². The molecule has 1 amide bonds. The van der Waals surface area contributed by atoms with E-state index in [0.29, 0.717) is 48.7 Å². The van der Waals surface area contributed by atoms with Gasteiger partial charge in [0, 0.05) is 37.6 Å². The van der Waals surface area contributed by atoms with E-state index in [9.17, 15) is 13.2 Å². The number of carbonyl (C=O) groups excluding carboxylic acids is 1.